The number of rotatable bonds is 5. The van der Waals surface area contributed by atoms with Gasteiger partial charge in [0.25, 0.3) is 0 Å². The summed E-state index contributed by atoms with van der Waals surface area (Å²) in [5.74, 6) is -3.60. The number of halogens is 2. The van der Waals surface area contributed by atoms with Crippen LogP contribution in [0.25, 0.3) is 0 Å². The molecule has 1 aliphatic heterocycles. The van der Waals surface area contributed by atoms with Crippen molar-refractivity contribution in [3.05, 3.63) is 47.4 Å². The van der Waals surface area contributed by atoms with Gasteiger partial charge in [0.15, 0.2) is 9.84 Å². The second kappa shape index (κ2) is 8.37. The molecule has 150 valence electrons. The molecule has 1 saturated heterocycles. The second-order valence-corrected chi connectivity index (χ2v) is 9.12. The lowest BCUT2D eigenvalue weighted by Gasteiger charge is -2.41. The van der Waals surface area contributed by atoms with E-state index in [1.165, 1.54) is 6.08 Å². The summed E-state index contributed by atoms with van der Waals surface area (Å²) in [6.45, 7) is 2.79. The molecule has 0 saturated carbocycles. The van der Waals surface area contributed by atoms with Gasteiger partial charge < -0.3 is 10.2 Å². The predicted octanol–water partition coefficient (Wildman–Crippen LogP) is 3.75. The van der Waals surface area contributed by atoms with Crippen LogP contribution in [0.5, 0.6) is 0 Å². The van der Waals surface area contributed by atoms with E-state index in [9.17, 15) is 22.0 Å². The molecule has 1 aliphatic rings. The Balaban J connectivity index is 2.17. The van der Waals surface area contributed by atoms with Crippen LogP contribution in [0, 0.1) is 5.92 Å². The largest absolute Gasteiger partial charge is 0.332 e. The van der Waals surface area contributed by atoms with Gasteiger partial charge >= 0.3 is 6.03 Å². The minimum absolute atomic E-state index is 0.175. The molecule has 0 aromatic heterocycles. The molecule has 0 unspecified atom stereocenters. The minimum Gasteiger partial charge on any atom is -0.332 e. The molecule has 8 heteroatoms. The summed E-state index contributed by atoms with van der Waals surface area (Å²) in [6, 6.07) is 7.76. The molecular weight excluding hydrogens is 374 g/mol. The average molecular weight is 400 g/mol. The number of nitrogens with zero attached hydrogens (tertiary/aromatic N) is 1. The van der Waals surface area contributed by atoms with Gasteiger partial charge in [0.1, 0.15) is 0 Å². The van der Waals surface area contributed by atoms with Crippen LogP contribution in [0.4, 0.5) is 13.6 Å². The smallest absolute Gasteiger partial charge is 0.318 e. The number of amides is 2. The van der Waals surface area contributed by atoms with E-state index in [0.717, 1.165) is 24.2 Å². The van der Waals surface area contributed by atoms with E-state index in [4.69, 9.17) is 0 Å². The summed E-state index contributed by atoms with van der Waals surface area (Å²) >= 11 is 0. The standard InChI is InChI=1S/C19H26F2N2O3S/c1-14(10-12-27(3,25)26)22-18(24)23-11-9-16(19(2,20)21)13-17(23)15-7-5-4-6-8-15/h4-8,10,12,14,16-17H,9,11,13H2,1-3H3,(H,22,24)/b12-10+/t14-,16+,17-/m0/s1. The lowest BCUT2D eigenvalue weighted by Crippen LogP contribution is -2.50. The zero-order valence-corrected chi connectivity index (χ0v) is 16.5. The molecule has 1 N–H and O–H groups in total. The zero-order valence-electron chi connectivity index (χ0n) is 15.7. The number of sulfone groups is 1. The maximum absolute atomic E-state index is 13.9. The van der Waals surface area contributed by atoms with Crippen molar-refractivity contribution in [3.8, 4) is 0 Å². The molecule has 0 radical (unpaired) electrons. The molecular formula is C19H26F2N2O3S. The number of piperidine rings is 1. The number of likely N-dealkylation sites (tertiary alicyclic amines) is 1. The highest BCUT2D eigenvalue weighted by Crippen LogP contribution is 2.41. The Morgan fingerprint density at radius 1 is 1.33 bits per heavy atom. The van der Waals surface area contributed by atoms with Gasteiger partial charge in [-0.1, -0.05) is 36.4 Å². The van der Waals surface area contributed by atoms with E-state index in [1.54, 1.807) is 11.8 Å². The lowest BCUT2D eigenvalue weighted by atomic mass is 9.84. The van der Waals surface area contributed by atoms with Crippen LogP contribution in [0.1, 0.15) is 38.3 Å². The van der Waals surface area contributed by atoms with Crippen LogP contribution < -0.4 is 5.32 Å². The van der Waals surface area contributed by atoms with Crippen LogP contribution in [0.15, 0.2) is 41.8 Å². The van der Waals surface area contributed by atoms with Crippen molar-refractivity contribution in [2.24, 2.45) is 5.92 Å². The molecule has 0 bridgehead atoms. The Labute approximate surface area is 159 Å². The third-order valence-electron chi connectivity index (χ3n) is 4.73. The monoisotopic (exact) mass is 400 g/mol. The summed E-state index contributed by atoms with van der Waals surface area (Å²) in [6.07, 6.45) is 2.85. The fourth-order valence-electron chi connectivity index (χ4n) is 3.25. The Morgan fingerprint density at radius 3 is 2.52 bits per heavy atom. The number of carbonyl (C=O) groups is 1. The maximum Gasteiger partial charge on any atom is 0.318 e. The van der Waals surface area contributed by atoms with E-state index in [-0.39, 0.29) is 19.4 Å². The van der Waals surface area contributed by atoms with Crippen LogP contribution >= 0.6 is 0 Å². The number of benzene rings is 1. The molecule has 0 aliphatic carbocycles. The number of alkyl halides is 2. The van der Waals surface area contributed by atoms with Gasteiger partial charge in [-0.25, -0.2) is 22.0 Å². The zero-order chi connectivity index (χ0) is 20.2. The van der Waals surface area contributed by atoms with Gasteiger partial charge in [0.05, 0.1) is 6.04 Å². The van der Waals surface area contributed by atoms with Crippen molar-refractivity contribution < 1.29 is 22.0 Å². The highest BCUT2D eigenvalue weighted by atomic mass is 32.2. The first-order chi connectivity index (χ1) is 12.5. The summed E-state index contributed by atoms with van der Waals surface area (Å²) in [5.41, 5.74) is 0.806. The Morgan fingerprint density at radius 2 is 1.96 bits per heavy atom. The molecule has 1 aromatic rings. The van der Waals surface area contributed by atoms with Gasteiger partial charge in [0, 0.05) is 30.2 Å². The molecule has 1 aromatic carbocycles. The number of nitrogens with one attached hydrogen (secondary N) is 1. The first-order valence-corrected chi connectivity index (χ1v) is 10.8. The summed E-state index contributed by atoms with van der Waals surface area (Å²) < 4.78 is 50.1. The fourth-order valence-corrected chi connectivity index (χ4v) is 3.77. The molecule has 0 spiro atoms. The predicted molar refractivity (Wildman–Crippen MR) is 101 cm³/mol. The quantitative estimate of drug-likeness (QED) is 0.819. The van der Waals surface area contributed by atoms with E-state index in [0.29, 0.717) is 0 Å². The van der Waals surface area contributed by atoms with Crippen LogP contribution in [0.3, 0.4) is 0 Å². The summed E-state index contributed by atoms with van der Waals surface area (Å²) in [4.78, 5) is 14.3. The highest BCUT2D eigenvalue weighted by molar-refractivity contribution is 7.93. The maximum atomic E-state index is 13.9. The molecule has 1 fully saturated rings. The number of hydrogen-bond acceptors (Lipinski definition) is 3. The molecule has 5 nitrogen and oxygen atoms in total. The minimum atomic E-state index is -3.29. The van der Waals surface area contributed by atoms with Crippen LogP contribution in [0.2, 0.25) is 0 Å². The van der Waals surface area contributed by atoms with Crippen molar-refractivity contribution >= 4 is 15.9 Å². The fraction of sp³-hybridized carbons (Fsp3) is 0.526. The van der Waals surface area contributed by atoms with Crippen molar-refractivity contribution in [1.82, 2.24) is 10.2 Å². The van der Waals surface area contributed by atoms with Crippen LogP contribution in [-0.4, -0.2) is 44.1 Å². The molecule has 2 rings (SSSR count). The third kappa shape index (κ3) is 6.30. The number of carbonyl (C=O) groups excluding carboxylic acids is 1. The lowest BCUT2D eigenvalue weighted by molar-refractivity contribution is -0.0686. The average Bonchev–Trinajstić information content (AvgIpc) is 2.59. The van der Waals surface area contributed by atoms with E-state index in [1.807, 2.05) is 30.3 Å². The SMILES string of the molecule is C[C@@H](/C=C/S(C)(=O)=O)NC(=O)N1CC[C@@H](C(C)(F)F)C[C@H]1c1ccccc1. The first kappa shape index (κ1) is 21.3. The van der Waals surface area contributed by atoms with Crippen molar-refractivity contribution in [1.29, 1.82) is 0 Å². The Hall–Kier alpha value is -1.96. The van der Waals surface area contributed by atoms with E-state index in [2.05, 4.69) is 5.32 Å². The van der Waals surface area contributed by atoms with E-state index >= 15 is 0 Å². The van der Waals surface area contributed by atoms with Gasteiger partial charge in [-0.05, 0) is 32.3 Å². The van der Waals surface area contributed by atoms with Crippen LogP contribution in [-0.2, 0) is 9.84 Å². The van der Waals surface area contributed by atoms with Gasteiger partial charge in [-0.15, -0.1) is 0 Å². The molecule has 3 atom stereocenters. The van der Waals surface area contributed by atoms with E-state index < -0.39 is 39.8 Å². The Kier molecular flexibility index (Phi) is 6.62. The molecule has 1 heterocycles. The Bertz CT molecular complexity index is 776. The highest BCUT2D eigenvalue weighted by Gasteiger charge is 2.42. The van der Waals surface area contributed by atoms with Gasteiger partial charge in [-0.2, -0.15) is 0 Å². The number of urea groups is 1. The normalized spacial score (nSPS) is 22.6. The molecule has 27 heavy (non-hydrogen) atoms. The first-order valence-electron chi connectivity index (χ1n) is 8.85. The van der Waals surface area contributed by atoms with Gasteiger partial charge in [-0.3, -0.25) is 0 Å². The topological polar surface area (TPSA) is 66.5 Å². The second-order valence-electron chi connectivity index (χ2n) is 7.19. The summed E-state index contributed by atoms with van der Waals surface area (Å²) in [5, 5.41) is 3.76. The van der Waals surface area contributed by atoms with Crippen molar-refractivity contribution in [2.75, 3.05) is 12.8 Å². The number of hydrogen-bond donors (Lipinski definition) is 1. The van der Waals surface area contributed by atoms with Crippen molar-refractivity contribution in [3.63, 3.8) is 0 Å². The molecule has 2 amide bonds. The van der Waals surface area contributed by atoms with Crippen molar-refractivity contribution in [2.45, 2.75) is 44.7 Å². The third-order valence-corrected chi connectivity index (χ3v) is 5.38. The van der Waals surface area contributed by atoms with Gasteiger partial charge in [0.2, 0.25) is 5.92 Å². The summed E-state index contributed by atoms with van der Waals surface area (Å²) in [7, 11) is -3.29.